The van der Waals surface area contributed by atoms with Gasteiger partial charge in [-0.2, -0.15) is 17.0 Å². The zero-order valence-corrected chi connectivity index (χ0v) is 16.7. The molecule has 0 aromatic carbocycles. The van der Waals surface area contributed by atoms with E-state index in [2.05, 4.69) is 33.0 Å². The molecule has 1 saturated heterocycles. The van der Waals surface area contributed by atoms with Crippen LogP contribution in [-0.2, 0) is 15.0 Å². The molecule has 0 atom stereocenters. The Morgan fingerprint density at radius 3 is 1.92 bits per heavy atom. The molecular formula is C17H35N3O3S. The summed E-state index contributed by atoms with van der Waals surface area (Å²) in [6.45, 7) is 10.5. The summed E-state index contributed by atoms with van der Waals surface area (Å²) in [6.07, 6.45) is 2.93. The first-order chi connectivity index (χ1) is 11.2. The van der Waals surface area contributed by atoms with Crippen molar-refractivity contribution in [2.45, 2.75) is 53.4 Å². The summed E-state index contributed by atoms with van der Waals surface area (Å²) >= 11 is 0. The van der Waals surface area contributed by atoms with E-state index in [-0.39, 0.29) is 11.8 Å². The van der Waals surface area contributed by atoms with Crippen LogP contribution in [0, 0.1) is 17.8 Å². The number of hydrogen-bond acceptors (Lipinski definition) is 3. The highest BCUT2D eigenvalue weighted by molar-refractivity contribution is 7.86. The second-order valence-corrected chi connectivity index (χ2v) is 9.49. The maximum Gasteiger partial charge on any atom is 0.281 e. The van der Waals surface area contributed by atoms with Crippen LogP contribution in [0.2, 0.25) is 0 Å². The molecule has 0 radical (unpaired) electrons. The van der Waals surface area contributed by atoms with Gasteiger partial charge in [-0.3, -0.25) is 4.79 Å². The van der Waals surface area contributed by atoms with Gasteiger partial charge in [0.2, 0.25) is 5.91 Å². The van der Waals surface area contributed by atoms with Gasteiger partial charge in [-0.25, -0.2) is 0 Å². The second kappa shape index (κ2) is 9.73. The molecule has 24 heavy (non-hydrogen) atoms. The highest BCUT2D eigenvalue weighted by atomic mass is 32.2. The van der Waals surface area contributed by atoms with Crippen molar-refractivity contribution in [2.24, 2.45) is 17.8 Å². The van der Waals surface area contributed by atoms with Crippen LogP contribution < -0.4 is 5.32 Å². The molecule has 0 aliphatic carbocycles. The second-order valence-electron chi connectivity index (χ2n) is 7.56. The lowest BCUT2D eigenvalue weighted by atomic mass is 9.97. The first kappa shape index (κ1) is 21.4. The van der Waals surface area contributed by atoms with Crippen LogP contribution in [0.15, 0.2) is 0 Å². The molecule has 7 heteroatoms. The molecule has 0 saturated carbocycles. The largest absolute Gasteiger partial charge is 0.359 e. The smallest absolute Gasteiger partial charge is 0.281 e. The standard InChI is InChI=1S/C17H35N3O3S/c1-14(2)6-10-19(11-7-15(3)4)24(22,23)20-12-8-16(9-13-20)17(21)18-5/h14-16H,6-13H2,1-5H3,(H,18,21). The van der Waals surface area contributed by atoms with E-state index >= 15 is 0 Å². The van der Waals surface area contributed by atoms with Crippen molar-refractivity contribution in [1.82, 2.24) is 13.9 Å². The Kier molecular flexibility index (Phi) is 8.67. The van der Waals surface area contributed by atoms with Gasteiger partial charge in [-0.05, 0) is 37.5 Å². The van der Waals surface area contributed by atoms with Crippen LogP contribution in [0.5, 0.6) is 0 Å². The Balaban J connectivity index is 2.74. The minimum atomic E-state index is -3.44. The lowest BCUT2D eigenvalue weighted by Gasteiger charge is -2.35. The van der Waals surface area contributed by atoms with Crippen LogP contribution in [0.1, 0.15) is 53.4 Å². The van der Waals surface area contributed by atoms with Gasteiger partial charge in [-0.1, -0.05) is 27.7 Å². The SMILES string of the molecule is CNC(=O)C1CCN(S(=O)(=O)N(CCC(C)C)CCC(C)C)CC1. The Labute approximate surface area is 148 Å². The van der Waals surface area contributed by atoms with Crippen molar-refractivity contribution in [1.29, 1.82) is 0 Å². The van der Waals surface area contributed by atoms with Crippen molar-refractivity contribution in [3.8, 4) is 0 Å². The first-order valence-electron chi connectivity index (χ1n) is 9.15. The van der Waals surface area contributed by atoms with Crippen LogP contribution in [0.25, 0.3) is 0 Å². The average molecular weight is 362 g/mol. The molecular weight excluding hydrogens is 326 g/mol. The minimum Gasteiger partial charge on any atom is -0.359 e. The topological polar surface area (TPSA) is 69.7 Å². The number of nitrogens with one attached hydrogen (secondary N) is 1. The van der Waals surface area contributed by atoms with Gasteiger partial charge in [0.15, 0.2) is 0 Å². The molecule has 1 rings (SSSR count). The van der Waals surface area contributed by atoms with Crippen molar-refractivity contribution in [3.05, 3.63) is 0 Å². The summed E-state index contributed by atoms with van der Waals surface area (Å²) in [7, 11) is -1.81. The molecule has 0 unspecified atom stereocenters. The number of carbonyl (C=O) groups is 1. The number of amides is 1. The van der Waals surface area contributed by atoms with E-state index in [4.69, 9.17) is 0 Å². The average Bonchev–Trinajstić information content (AvgIpc) is 2.53. The van der Waals surface area contributed by atoms with Crippen molar-refractivity contribution >= 4 is 16.1 Å². The van der Waals surface area contributed by atoms with E-state index in [1.807, 2.05) is 0 Å². The predicted octanol–water partition coefficient (Wildman–Crippen LogP) is 2.08. The number of piperidine rings is 1. The zero-order chi connectivity index (χ0) is 18.3. The molecule has 0 aromatic heterocycles. The number of nitrogens with zero attached hydrogens (tertiary/aromatic N) is 2. The Hall–Kier alpha value is -0.660. The maximum atomic E-state index is 13.0. The van der Waals surface area contributed by atoms with E-state index in [1.165, 1.54) is 0 Å². The van der Waals surface area contributed by atoms with Gasteiger partial charge in [-0.15, -0.1) is 0 Å². The summed E-state index contributed by atoms with van der Waals surface area (Å²) in [4.78, 5) is 11.7. The van der Waals surface area contributed by atoms with Gasteiger partial charge in [0, 0.05) is 39.1 Å². The molecule has 0 spiro atoms. The van der Waals surface area contributed by atoms with Gasteiger partial charge in [0.1, 0.15) is 0 Å². The highest BCUT2D eigenvalue weighted by Crippen LogP contribution is 2.22. The van der Waals surface area contributed by atoms with Crippen molar-refractivity contribution in [2.75, 3.05) is 33.2 Å². The third kappa shape index (κ3) is 6.33. The predicted molar refractivity (Wildman–Crippen MR) is 97.8 cm³/mol. The molecule has 1 aliphatic heterocycles. The van der Waals surface area contributed by atoms with E-state index in [1.54, 1.807) is 15.7 Å². The van der Waals surface area contributed by atoms with Crippen LogP contribution in [0.4, 0.5) is 0 Å². The molecule has 1 N–H and O–H groups in total. The Morgan fingerprint density at radius 1 is 1.08 bits per heavy atom. The molecule has 1 amide bonds. The Bertz CT molecular complexity index is 471. The fraction of sp³-hybridized carbons (Fsp3) is 0.941. The molecule has 1 fully saturated rings. The summed E-state index contributed by atoms with van der Waals surface area (Å²) < 4.78 is 29.2. The van der Waals surface area contributed by atoms with Gasteiger partial charge in [0.25, 0.3) is 10.2 Å². The van der Waals surface area contributed by atoms with E-state index in [9.17, 15) is 13.2 Å². The molecule has 1 aliphatic rings. The molecule has 6 nitrogen and oxygen atoms in total. The fourth-order valence-corrected chi connectivity index (χ4v) is 4.53. The zero-order valence-electron chi connectivity index (χ0n) is 15.9. The summed E-state index contributed by atoms with van der Waals surface area (Å²) in [5, 5.41) is 2.66. The van der Waals surface area contributed by atoms with E-state index < -0.39 is 10.2 Å². The van der Waals surface area contributed by atoms with E-state index in [0.29, 0.717) is 50.9 Å². The van der Waals surface area contributed by atoms with E-state index in [0.717, 1.165) is 12.8 Å². The molecule has 0 aromatic rings. The van der Waals surface area contributed by atoms with Gasteiger partial charge < -0.3 is 5.32 Å². The number of carbonyl (C=O) groups excluding carboxylic acids is 1. The third-order valence-corrected chi connectivity index (χ3v) is 6.67. The highest BCUT2D eigenvalue weighted by Gasteiger charge is 2.34. The van der Waals surface area contributed by atoms with Crippen LogP contribution >= 0.6 is 0 Å². The monoisotopic (exact) mass is 361 g/mol. The molecule has 0 bridgehead atoms. The minimum absolute atomic E-state index is 0.0171. The third-order valence-electron chi connectivity index (χ3n) is 4.64. The molecule has 142 valence electrons. The summed E-state index contributed by atoms with van der Waals surface area (Å²) in [5.41, 5.74) is 0. The summed E-state index contributed by atoms with van der Waals surface area (Å²) in [5.74, 6) is 0.895. The Morgan fingerprint density at radius 2 is 1.54 bits per heavy atom. The fourth-order valence-electron chi connectivity index (χ4n) is 2.86. The number of rotatable bonds is 9. The van der Waals surface area contributed by atoms with Gasteiger partial charge >= 0.3 is 0 Å². The van der Waals surface area contributed by atoms with Crippen molar-refractivity contribution < 1.29 is 13.2 Å². The lowest BCUT2D eigenvalue weighted by Crippen LogP contribution is -2.49. The van der Waals surface area contributed by atoms with Crippen molar-refractivity contribution in [3.63, 3.8) is 0 Å². The van der Waals surface area contributed by atoms with Crippen LogP contribution in [0.3, 0.4) is 0 Å². The first-order valence-corrected chi connectivity index (χ1v) is 10.5. The quantitative estimate of drug-likeness (QED) is 0.683. The van der Waals surface area contributed by atoms with Crippen LogP contribution in [-0.4, -0.2) is 56.2 Å². The number of hydrogen-bond donors (Lipinski definition) is 1. The lowest BCUT2D eigenvalue weighted by molar-refractivity contribution is -0.125. The maximum absolute atomic E-state index is 13.0. The molecule has 1 heterocycles. The normalized spacial score (nSPS) is 17.8. The van der Waals surface area contributed by atoms with Gasteiger partial charge in [0.05, 0.1) is 0 Å². The summed E-state index contributed by atoms with van der Waals surface area (Å²) in [6, 6.07) is 0.